The summed E-state index contributed by atoms with van der Waals surface area (Å²) in [6.45, 7) is 9.75. The van der Waals surface area contributed by atoms with E-state index in [0.29, 0.717) is 36.7 Å². The zero-order valence-corrected chi connectivity index (χ0v) is 28.6. The summed E-state index contributed by atoms with van der Waals surface area (Å²) >= 11 is 0. The number of benzene rings is 3. The SMILES string of the molecule is C=CC(=O)OCCCCCCOc1ccc(C(=O)Oc2ccc(OC(=O)c3ccc(OC(CCCCC)OC(=O)C=C)cc3)c(OC)c2)cc1. The van der Waals surface area contributed by atoms with Gasteiger partial charge in [0, 0.05) is 24.6 Å². The molecule has 3 aromatic carbocycles. The van der Waals surface area contributed by atoms with Crippen LogP contribution in [0.15, 0.2) is 92.0 Å². The number of hydrogen-bond acceptors (Lipinski definition) is 11. The number of rotatable bonds is 22. The minimum Gasteiger partial charge on any atom is -0.494 e. The molecule has 0 bridgehead atoms. The highest BCUT2D eigenvalue weighted by Crippen LogP contribution is 2.32. The molecule has 0 fully saturated rings. The first-order valence-corrected chi connectivity index (χ1v) is 16.5. The van der Waals surface area contributed by atoms with Crippen molar-refractivity contribution >= 4 is 23.9 Å². The topological polar surface area (TPSA) is 133 Å². The number of ether oxygens (including phenoxy) is 7. The van der Waals surface area contributed by atoms with Crippen LogP contribution in [-0.4, -0.2) is 50.5 Å². The molecule has 0 saturated carbocycles. The molecule has 0 spiro atoms. The summed E-state index contributed by atoms with van der Waals surface area (Å²) in [7, 11) is 1.40. The van der Waals surface area contributed by atoms with Crippen LogP contribution < -0.4 is 23.7 Å². The van der Waals surface area contributed by atoms with E-state index in [9.17, 15) is 19.2 Å². The first-order chi connectivity index (χ1) is 24.3. The van der Waals surface area contributed by atoms with Crippen molar-refractivity contribution in [2.45, 2.75) is 64.6 Å². The van der Waals surface area contributed by atoms with E-state index >= 15 is 0 Å². The molecule has 0 aliphatic rings. The minimum absolute atomic E-state index is 0.127. The molecule has 3 rings (SSSR count). The van der Waals surface area contributed by atoms with E-state index in [-0.39, 0.29) is 22.8 Å². The lowest BCUT2D eigenvalue weighted by Crippen LogP contribution is -2.23. The molecule has 1 unspecified atom stereocenters. The zero-order valence-electron chi connectivity index (χ0n) is 28.6. The first kappa shape index (κ1) is 38.9. The third-order valence-electron chi connectivity index (χ3n) is 7.17. The molecule has 1 atom stereocenters. The highest BCUT2D eigenvalue weighted by molar-refractivity contribution is 5.92. The van der Waals surface area contributed by atoms with Gasteiger partial charge < -0.3 is 33.2 Å². The molecule has 266 valence electrons. The Labute approximate surface area is 292 Å². The van der Waals surface area contributed by atoms with E-state index in [1.165, 1.54) is 37.4 Å². The Kier molecular flexibility index (Phi) is 16.6. The van der Waals surface area contributed by atoms with Crippen molar-refractivity contribution in [3.05, 3.63) is 103 Å². The maximum atomic E-state index is 12.9. The second kappa shape index (κ2) is 21.4. The van der Waals surface area contributed by atoms with Crippen LogP contribution in [0, 0.1) is 0 Å². The van der Waals surface area contributed by atoms with Gasteiger partial charge in [0.25, 0.3) is 0 Å². The van der Waals surface area contributed by atoms with Gasteiger partial charge in [0.05, 0.1) is 31.5 Å². The van der Waals surface area contributed by atoms with Gasteiger partial charge in [-0.1, -0.05) is 32.9 Å². The summed E-state index contributed by atoms with van der Waals surface area (Å²) in [6.07, 6.45) is 8.22. The second-order valence-electron chi connectivity index (χ2n) is 11.0. The van der Waals surface area contributed by atoms with E-state index in [2.05, 4.69) is 20.1 Å². The number of carbonyl (C=O) groups excluding carboxylic acids is 4. The molecule has 0 aromatic heterocycles. The minimum atomic E-state index is -0.781. The van der Waals surface area contributed by atoms with Crippen LogP contribution in [0.1, 0.15) is 79.0 Å². The summed E-state index contributed by atoms with van der Waals surface area (Å²) in [5.74, 6) is -0.686. The number of hydrogen-bond donors (Lipinski definition) is 0. The van der Waals surface area contributed by atoms with Crippen LogP contribution in [0.5, 0.6) is 28.7 Å². The van der Waals surface area contributed by atoms with Gasteiger partial charge in [0.2, 0.25) is 6.29 Å². The Morgan fingerprint density at radius 1 is 0.660 bits per heavy atom. The van der Waals surface area contributed by atoms with Crippen LogP contribution in [-0.2, 0) is 19.1 Å². The van der Waals surface area contributed by atoms with Gasteiger partial charge in [-0.3, -0.25) is 0 Å². The van der Waals surface area contributed by atoms with Crippen molar-refractivity contribution in [2.75, 3.05) is 20.3 Å². The van der Waals surface area contributed by atoms with Gasteiger partial charge in [0.1, 0.15) is 17.2 Å². The molecular weight excluding hydrogens is 644 g/mol. The molecule has 0 aliphatic heterocycles. The highest BCUT2D eigenvalue weighted by Gasteiger charge is 2.18. The van der Waals surface area contributed by atoms with Crippen molar-refractivity contribution in [3.8, 4) is 28.7 Å². The van der Waals surface area contributed by atoms with E-state index in [0.717, 1.165) is 57.1 Å². The monoisotopic (exact) mass is 688 g/mol. The Hall–Kier alpha value is -5.58. The number of esters is 4. The van der Waals surface area contributed by atoms with Gasteiger partial charge in [-0.05, 0) is 92.8 Å². The van der Waals surface area contributed by atoms with Crippen molar-refractivity contribution in [1.29, 1.82) is 0 Å². The summed E-state index contributed by atoms with van der Waals surface area (Å²) in [4.78, 5) is 48.4. The standard InChI is InChI=1S/C39H44O11/c1-5-8-11-14-37(50-36(41)7-3)47-31-21-17-29(18-22-31)39(43)49-33-24-23-32(27-34(33)44-4)48-38(42)28-15-19-30(20-16-28)45-25-12-9-10-13-26-46-35(40)6-2/h6-7,15-24,27,37H,2-3,5,8-14,25-26H2,1,4H3. The van der Waals surface area contributed by atoms with Crippen molar-refractivity contribution in [2.24, 2.45) is 0 Å². The van der Waals surface area contributed by atoms with Crippen molar-refractivity contribution in [3.63, 3.8) is 0 Å². The Balaban J connectivity index is 1.49. The fourth-order valence-corrected chi connectivity index (χ4v) is 4.49. The lowest BCUT2D eigenvalue weighted by Gasteiger charge is -2.19. The van der Waals surface area contributed by atoms with Gasteiger partial charge in [-0.25, -0.2) is 19.2 Å². The van der Waals surface area contributed by atoms with Crippen LogP contribution >= 0.6 is 0 Å². The van der Waals surface area contributed by atoms with Gasteiger partial charge in [0.15, 0.2) is 11.5 Å². The molecule has 0 amide bonds. The lowest BCUT2D eigenvalue weighted by molar-refractivity contribution is -0.158. The average molecular weight is 689 g/mol. The van der Waals surface area contributed by atoms with Crippen LogP contribution in [0.2, 0.25) is 0 Å². The molecular formula is C39H44O11. The molecule has 0 heterocycles. The molecule has 50 heavy (non-hydrogen) atoms. The predicted octanol–water partition coefficient (Wildman–Crippen LogP) is 7.82. The summed E-state index contributed by atoms with van der Waals surface area (Å²) in [5.41, 5.74) is 0.566. The van der Waals surface area contributed by atoms with E-state index in [1.807, 2.05) is 0 Å². The molecule has 3 aromatic rings. The Bertz CT molecular complexity index is 1560. The molecule has 11 heteroatoms. The molecule has 0 aliphatic carbocycles. The fraction of sp³-hybridized carbons (Fsp3) is 0.333. The molecule has 0 radical (unpaired) electrons. The smallest absolute Gasteiger partial charge is 0.343 e. The van der Waals surface area contributed by atoms with E-state index in [1.54, 1.807) is 36.4 Å². The third-order valence-corrected chi connectivity index (χ3v) is 7.17. The number of methoxy groups -OCH3 is 1. The van der Waals surface area contributed by atoms with Gasteiger partial charge >= 0.3 is 23.9 Å². The highest BCUT2D eigenvalue weighted by atomic mass is 16.7. The maximum absolute atomic E-state index is 12.9. The largest absolute Gasteiger partial charge is 0.494 e. The number of carbonyl (C=O) groups is 4. The Morgan fingerprint density at radius 2 is 1.26 bits per heavy atom. The van der Waals surface area contributed by atoms with E-state index < -0.39 is 30.2 Å². The van der Waals surface area contributed by atoms with E-state index in [4.69, 9.17) is 33.2 Å². The lowest BCUT2D eigenvalue weighted by atomic mass is 10.2. The number of unbranched alkanes of at least 4 members (excludes halogenated alkanes) is 5. The van der Waals surface area contributed by atoms with Gasteiger partial charge in [-0.15, -0.1) is 0 Å². The van der Waals surface area contributed by atoms with Gasteiger partial charge in [-0.2, -0.15) is 0 Å². The summed E-state index contributed by atoms with van der Waals surface area (Å²) in [5, 5.41) is 0. The fourth-order valence-electron chi connectivity index (χ4n) is 4.49. The second-order valence-corrected chi connectivity index (χ2v) is 11.0. The maximum Gasteiger partial charge on any atom is 0.343 e. The molecule has 0 saturated heterocycles. The normalized spacial score (nSPS) is 11.0. The average Bonchev–Trinajstić information content (AvgIpc) is 3.13. The quantitative estimate of drug-likeness (QED) is 0.0336. The van der Waals surface area contributed by atoms with Crippen molar-refractivity contribution < 1.29 is 52.3 Å². The molecule has 11 nitrogen and oxygen atoms in total. The first-order valence-electron chi connectivity index (χ1n) is 16.5. The van der Waals surface area contributed by atoms with Crippen LogP contribution in [0.4, 0.5) is 0 Å². The van der Waals surface area contributed by atoms with Crippen molar-refractivity contribution in [1.82, 2.24) is 0 Å². The molecule has 0 N–H and O–H groups in total. The van der Waals surface area contributed by atoms with Crippen LogP contribution in [0.25, 0.3) is 0 Å². The Morgan fingerprint density at radius 3 is 1.88 bits per heavy atom. The zero-order chi connectivity index (χ0) is 36.1. The summed E-state index contributed by atoms with van der Waals surface area (Å²) < 4.78 is 38.3. The van der Waals surface area contributed by atoms with Crippen LogP contribution in [0.3, 0.4) is 0 Å². The summed E-state index contributed by atoms with van der Waals surface area (Å²) in [6, 6.07) is 17.2. The third kappa shape index (κ3) is 13.5. The predicted molar refractivity (Wildman–Crippen MR) is 186 cm³/mol.